The van der Waals surface area contributed by atoms with Crippen molar-refractivity contribution in [1.82, 2.24) is 0 Å². The molecule has 1 unspecified atom stereocenters. The largest absolute Gasteiger partial charge is 0.346 e. The van der Waals surface area contributed by atoms with E-state index in [0.29, 0.717) is 5.56 Å². The molecule has 1 N–H and O–H groups in total. The minimum absolute atomic E-state index is 0.00283. The molecule has 6 heteroatoms. The maximum atomic E-state index is 11.4. The lowest BCUT2D eigenvalue weighted by Gasteiger charge is -2.09. The third kappa shape index (κ3) is 5.22. The monoisotopic (exact) mass is 245 g/mol. The molecular formula is C10H13O5S. The van der Waals surface area contributed by atoms with Crippen molar-refractivity contribution in [2.75, 3.05) is 12.4 Å². The fourth-order valence-electron chi connectivity index (χ4n) is 1.14. The van der Waals surface area contributed by atoms with Crippen LogP contribution in [0.3, 0.4) is 0 Å². The van der Waals surface area contributed by atoms with E-state index in [1.54, 1.807) is 30.3 Å². The van der Waals surface area contributed by atoms with Crippen LogP contribution in [0, 0.1) is 0 Å². The van der Waals surface area contributed by atoms with Crippen LogP contribution >= 0.6 is 0 Å². The van der Waals surface area contributed by atoms with Crippen molar-refractivity contribution in [3.05, 3.63) is 35.9 Å². The van der Waals surface area contributed by atoms with Gasteiger partial charge in [-0.25, -0.2) is 0 Å². The van der Waals surface area contributed by atoms with Crippen molar-refractivity contribution in [3.63, 3.8) is 0 Å². The van der Waals surface area contributed by atoms with Gasteiger partial charge in [-0.2, -0.15) is 13.5 Å². The lowest BCUT2D eigenvalue weighted by molar-refractivity contribution is -0.144. The summed E-state index contributed by atoms with van der Waals surface area (Å²) in [4.78, 5) is 0. The summed E-state index contributed by atoms with van der Waals surface area (Å²) in [6.45, 7) is 0.00283. The summed E-state index contributed by atoms with van der Waals surface area (Å²) in [7, 11) is -3.97. The van der Waals surface area contributed by atoms with Gasteiger partial charge in [-0.1, -0.05) is 30.3 Å². The highest BCUT2D eigenvalue weighted by atomic mass is 32.2. The van der Waals surface area contributed by atoms with Gasteiger partial charge in [0.25, 0.3) is 10.1 Å². The van der Waals surface area contributed by atoms with E-state index in [9.17, 15) is 13.5 Å². The lowest BCUT2D eigenvalue weighted by atomic mass is 10.2. The smallest absolute Gasteiger partial charge is 0.264 e. The summed E-state index contributed by atoms with van der Waals surface area (Å²) in [6, 6.07) is 8.51. The van der Waals surface area contributed by atoms with Gasteiger partial charge in [0.1, 0.15) is 0 Å². The molecule has 0 saturated heterocycles. The van der Waals surface area contributed by atoms with Gasteiger partial charge < -0.3 is 4.74 Å². The first kappa shape index (κ1) is 13.1. The molecule has 16 heavy (non-hydrogen) atoms. The standard InChI is InChI=1S/C10H13O5S/c11-10(9-5-2-1-3-6-9)15-7-4-8-16(12,13)14/h1-3,5-6,10H,4,7-8H2,(H,12,13,14). The Hall–Kier alpha value is -0.950. The molecule has 0 bridgehead atoms. The Kier molecular flexibility index (Phi) is 4.88. The zero-order chi connectivity index (χ0) is 12.0. The Morgan fingerprint density at radius 2 is 1.88 bits per heavy atom. The topological polar surface area (TPSA) is 83.5 Å². The van der Waals surface area contributed by atoms with Crippen molar-refractivity contribution in [2.24, 2.45) is 0 Å². The molecule has 1 aromatic rings. The van der Waals surface area contributed by atoms with Crippen LogP contribution in [0.1, 0.15) is 18.3 Å². The molecule has 0 aliphatic heterocycles. The molecule has 0 spiro atoms. The van der Waals surface area contributed by atoms with E-state index in [-0.39, 0.29) is 13.0 Å². The molecule has 0 aliphatic carbocycles. The molecule has 89 valence electrons. The first-order valence-electron chi connectivity index (χ1n) is 4.76. The first-order chi connectivity index (χ1) is 7.49. The summed E-state index contributed by atoms with van der Waals surface area (Å²) >= 11 is 0. The van der Waals surface area contributed by atoms with E-state index in [0.717, 1.165) is 0 Å². The fourth-order valence-corrected chi connectivity index (χ4v) is 1.62. The van der Waals surface area contributed by atoms with E-state index < -0.39 is 22.2 Å². The molecule has 1 aromatic carbocycles. The zero-order valence-corrected chi connectivity index (χ0v) is 9.39. The van der Waals surface area contributed by atoms with Crippen molar-refractivity contribution in [2.45, 2.75) is 12.7 Å². The molecule has 0 aromatic heterocycles. The van der Waals surface area contributed by atoms with Crippen LogP contribution < -0.4 is 0 Å². The van der Waals surface area contributed by atoms with Crippen molar-refractivity contribution in [1.29, 1.82) is 0 Å². The molecular weight excluding hydrogens is 232 g/mol. The van der Waals surface area contributed by atoms with E-state index in [4.69, 9.17) is 9.29 Å². The molecule has 5 nitrogen and oxygen atoms in total. The summed E-state index contributed by atoms with van der Waals surface area (Å²) in [5.41, 5.74) is 0.495. The van der Waals surface area contributed by atoms with Gasteiger partial charge in [0.05, 0.1) is 12.4 Å². The lowest BCUT2D eigenvalue weighted by Crippen LogP contribution is -2.09. The average molecular weight is 245 g/mol. The second-order valence-corrected chi connectivity index (χ2v) is 4.83. The van der Waals surface area contributed by atoms with Crippen LogP contribution in [0.15, 0.2) is 30.3 Å². The Morgan fingerprint density at radius 1 is 1.25 bits per heavy atom. The Balaban J connectivity index is 2.29. The Labute approximate surface area is 94.4 Å². The van der Waals surface area contributed by atoms with Gasteiger partial charge in [-0.05, 0) is 6.42 Å². The van der Waals surface area contributed by atoms with Crippen LogP contribution in [-0.4, -0.2) is 25.3 Å². The van der Waals surface area contributed by atoms with Gasteiger partial charge in [0, 0.05) is 5.56 Å². The molecule has 0 fully saturated rings. The number of benzene rings is 1. The predicted octanol–water partition coefficient (Wildman–Crippen LogP) is 1.41. The van der Waals surface area contributed by atoms with Gasteiger partial charge >= 0.3 is 0 Å². The number of hydrogen-bond donors (Lipinski definition) is 1. The molecule has 0 amide bonds. The molecule has 0 saturated carbocycles. The molecule has 1 radical (unpaired) electrons. The van der Waals surface area contributed by atoms with Gasteiger partial charge in [-0.15, -0.1) is 0 Å². The summed E-state index contributed by atoms with van der Waals surface area (Å²) in [5, 5.41) is 11.4. The maximum Gasteiger partial charge on any atom is 0.264 e. The van der Waals surface area contributed by atoms with E-state index in [2.05, 4.69) is 0 Å². The minimum Gasteiger partial charge on any atom is -0.346 e. The van der Waals surface area contributed by atoms with Crippen LogP contribution in [-0.2, 0) is 20.0 Å². The van der Waals surface area contributed by atoms with E-state index in [1.165, 1.54) is 0 Å². The van der Waals surface area contributed by atoms with E-state index >= 15 is 0 Å². The first-order valence-corrected chi connectivity index (χ1v) is 6.37. The third-order valence-electron chi connectivity index (χ3n) is 1.89. The number of ether oxygens (including phenoxy) is 1. The molecule has 0 heterocycles. The van der Waals surface area contributed by atoms with Crippen LogP contribution in [0.4, 0.5) is 0 Å². The second kappa shape index (κ2) is 5.95. The zero-order valence-electron chi connectivity index (χ0n) is 8.57. The molecule has 1 rings (SSSR count). The summed E-state index contributed by atoms with van der Waals surface area (Å²) in [5.74, 6) is -0.394. The van der Waals surface area contributed by atoms with Gasteiger partial charge in [-0.3, -0.25) is 4.55 Å². The highest BCUT2D eigenvalue weighted by Gasteiger charge is 2.10. The fraction of sp³-hybridized carbons (Fsp3) is 0.400. The quantitative estimate of drug-likeness (QED) is 0.466. The SMILES string of the molecule is [O]C(OCCCS(=O)(=O)O)c1ccccc1. The molecule has 1 atom stereocenters. The number of hydrogen-bond acceptors (Lipinski definition) is 3. The van der Waals surface area contributed by atoms with Crippen molar-refractivity contribution >= 4 is 10.1 Å². The van der Waals surface area contributed by atoms with Crippen LogP contribution in [0.2, 0.25) is 0 Å². The average Bonchev–Trinajstić information content (AvgIpc) is 2.24. The highest BCUT2D eigenvalue weighted by Crippen LogP contribution is 2.14. The van der Waals surface area contributed by atoms with Crippen molar-refractivity contribution in [3.8, 4) is 0 Å². The van der Waals surface area contributed by atoms with Crippen LogP contribution in [0.25, 0.3) is 0 Å². The maximum absolute atomic E-state index is 11.4. The van der Waals surface area contributed by atoms with Crippen molar-refractivity contribution < 1.29 is 22.8 Å². The Bertz CT molecular complexity index is 400. The third-order valence-corrected chi connectivity index (χ3v) is 2.69. The minimum atomic E-state index is -3.97. The summed E-state index contributed by atoms with van der Waals surface area (Å²) < 4.78 is 34.1. The van der Waals surface area contributed by atoms with Gasteiger partial charge in [0.15, 0.2) is 0 Å². The Morgan fingerprint density at radius 3 is 2.44 bits per heavy atom. The summed E-state index contributed by atoms with van der Waals surface area (Å²) in [6.07, 6.45) is -1.22. The highest BCUT2D eigenvalue weighted by molar-refractivity contribution is 7.85. The number of rotatable bonds is 6. The van der Waals surface area contributed by atoms with E-state index in [1.807, 2.05) is 0 Å². The predicted molar refractivity (Wildman–Crippen MR) is 56.9 cm³/mol. The van der Waals surface area contributed by atoms with Gasteiger partial charge in [0.2, 0.25) is 6.29 Å². The molecule has 0 aliphatic rings. The van der Waals surface area contributed by atoms with Crippen LogP contribution in [0.5, 0.6) is 0 Å². The second-order valence-electron chi connectivity index (χ2n) is 3.25. The normalized spacial score (nSPS) is 13.6.